The Morgan fingerprint density at radius 2 is 1.00 bits per heavy atom. The maximum Gasteiger partial charge on any atom is 0.180 e. The summed E-state index contributed by atoms with van der Waals surface area (Å²) < 4.78 is 12.4. The number of pyridine rings is 1. The van der Waals surface area contributed by atoms with Gasteiger partial charge in [0.15, 0.2) is 5.82 Å². The standard InChI is InChI=1S/C32H44N4O.C31H43N5O.2CH4.2ClH/c1-3-4-5-6-7-8-12-26-15-17-27(18-16-26)29-19-21-34-31(29)24-37-22-11-13-28-23-25(2)35-36-32(28)30-14-9-10-20-33-30;1-3-4-5-6-7-8-11-25-13-15-26(16-14-25)28-17-20-32-30(28)23-37-21-9-12-27-22-29(36-35-24(27)2)31-33-18-10-19-34-31;;;;/h9-10,14-18,20,23,29,31,34H,3-8,11-13,19,21-22,24H2,1-2H3;10,13-16,18-19,22,28,30,32H,3-9,11-12,17,20-21,23H2,1-2H3;2*1H4;2*1H/t29-,31-;28-,30-;;;;/m11..../s1. The highest BCUT2D eigenvalue weighted by atomic mass is 35.5. The second kappa shape index (κ2) is 38.8. The summed E-state index contributed by atoms with van der Waals surface area (Å²) in [4.78, 5) is 13.1. The number of benzene rings is 2. The summed E-state index contributed by atoms with van der Waals surface area (Å²) in [6, 6.07) is 31.9. The van der Waals surface area contributed by atoms with Gasteiger partial charge in [-0.15, -0.1) is 10.2 Å². The van der Waals surface area contributed by atoms with Gasteiger partial charge in [0.05, 0.1) is 43.4 Å². The van der Waals surface area contributed by atoms with E-state index in [1.165, 1.54) is 149 Å². The summed E-state index contributed by atoms with van der Waals surface area (Å²) in [6.45, 7) is 14.1. The number of nitrogens with two attached hydrogens (primary N) is 2. The van der Waals surface area contributed by atoms with Gasteiger partial charge < -0.3 is 44.9 Å². The van der Waals surface area contributed by atoms with E-state index in [0.717, 1.165) is 80.6 Å². The van der Waals surface area contributed by atoms with Gasteiger partial charge in [0, 0.05) is 56.5 Å². The molecule has 4 atom stereocenters. The molecule has 6 heterocycles. The van der Waals surface area contributed by atoms with Crippen LogP contribution < -0.4 is 35.4 Å². The van der Waals surface area contributed by atoms with Crippen molar-refractivity contribution in [2.45, 2.75) is 195 Å². The maximum absolute atomic E-state index is 6.20. The average molecular weight is 1110 g/mol. The van der Waals surface area contributed by atoms with Gasteiger partial charge in [0.1, 0.15) is 23.5 Å². The third-order valence-electron chi connectivity index (χ3n) is 15.3. The van der Waals surface area contributed by atoms with E-state index in [4.69, 9.17) is 9.47 Å². The molecule has 4 aromatic heterocycles. The molecule has 428 valence electrons. The van der Waals surface area contributed by atoms with Crippen molar-refractivity contribution in [2.24, 2.45) is 0 Å². The fourth-order valence-electron chi connectivity index (χ4n) is 10.9. The molecule has 2 aliphatic heterocycles. The molecule has 0 saturated carbocycles. The van der Waals surface area contributed by atoms with Crippen LogP contribution in [0.25, 0.3) is 22.9 Å². The van der Waals surface area contributed by atoms with Crippen LogP contribution in [-0.2, 0) is 35.2 Å². The molecular weight excluding hydrogens is 1010 g/mol. The lowest BCUT2D eigenvalue weighted by atomic mass is 9.91. The summed E-state index contributed by atoms with van der Waals surface area (Å²) in [5.74, 6) is 1.79. The van der Waals surface area contributed by atoms with E-state index >= 15 is 0 Å². The molecule has 2 aromatic carbocycles. The molecule has 0 amide bonds. The molecule has 0 radical (unpaired) electrons. The van der Waals surface area contributed by atoms with E-state index in [1.54, 1.807) is 18.6 Å². The van der Waals surface area contributed by atoms with Gasteiger partial charge in [0.25, 0.3) is 0 Å². The van der Waals surface area contributed by atoms with Crippen molar-refractivity contribution in [3.8, 4) is 22.9 Å². The number of quaternary nitrogens is 2. The van der Waals surface area contributed by atoms with E-state index in [0.29, 0.717) is 29.7 Å². The van der Waals surface area contributed by atoms with Crippen molar-refractivity contribution >= 4 is 0 Å². The predicted octanol–water partition coefficient (Wildman–Crippen LogP) is 6.31. The fourth-order valence-corrected chi connectivity index (χ4v) is 10.9. The molecule has 8 rings (SSSR count). The quantitative estimate of drug-likeness (QED) is 0.0497. The van der Waals surface area contributed by atoms with Crippen molar-refractivity contribution in [2.75, 3.05) is 39.5 Å². The number of hydrogen-bond donors (Lipinski definition) is 2. The molecule has 0 unspecified atom stereocenters. The van der Waals surface area contributed by atoms with E-state index < -0.39 is 0 Å². The number of ether oxygens (including phenoxy) is 2. The number of aromatic nitrogens is 7. The minimum atomic E-state index is 0. The molecule has 6 aromatic rings. The number of halogens is 2. The first kappa shape index (κ1) is 67.5. The minimum absolute atomic E-state index is 0. The number of rotatable bonds is 30. The van der Waals surface area contributed by atoms with Crippen molar-refractivity contribution in [3.63, 3.8) is 0 Å². The molecule has 0 spiro atoms. The van der Waals surface area contributed by atoms with Gasteiger partial charge in [-0.1, -0.05) is 148 Å². The molecule has 78 heavy (non-hydrogen) atoms. The van der Waals surface area contributed by atoms with Gasteiger partial charge in [-0.25, -0.2) is 9.97 Å². The third-order valence-corrected chi connectivity index (χ3v) is 15.3. The van der Waals surface area contributed by atoms with E-state index in [-0.39, 0.29) is 39.7 Å². The Morgan fingerprint density at radius 3 is 1.53 bits per heavy atom. The van der Waals surface area contributed by atoms with Gasteiger partial charge in [-0.3, -0.25) is 4.98 Å². The van der Waals surface area contributed by atoms with E-state index in [2.05, 4.69) is 120 Å². The van der Waals surface area contributed by atoms with Crippen molar-refractivity contribution in [1.29, 1.82) is 0 Å². The Balaban J connectivity index is 0.000000390. The largest absolute Gasteiger partial charge is 1.00 e. The Bertz CT molecular complexity index is 2470. The smallest absolute Gasteiger partial charge is 0.180 e. The second-order valence-corrected chi connectivity index (χ2v) is 21.0. The van der Waals surface area contributed by atoms with Gasteiger partial charge in [-0.2, -0.15) is 10.2 Å². The first-order valence-corrected chi connectivity index (χ1v) is 28.8. The van der Waals surface area contributed by atoms with Gasteiger partial charge in [-0.05, 0) is 129 Å². The van der Waals surface area contributed by atoms with E-state index in [1.807, 2.05) is 38.1 Å². The Kier molecular flexibility index (Phi) is 33.6. The summed E-state index contributed by atoms with van der Waals surface area (Å²) in [5, 5.41) is 22.2. The van der Waals surface area contributed by atoms with Crippen LogP contribution in [0.15, 0.2) is 104 Å². The molecule has 0 bridgehead atoms. The maximum atomic E-state index is 6.20. The van der Waals surface area contributed by atoms with Crippen LogP contribution in [0.3, 0.4) is 0 Å². The van der Waals surface area contributed by atoms with Crippen LogP contribution in [-0.4, -0.2) is 86.9 Å². The first-order valence-electron chi connectivity index (χ1n) is 28.8. The SMILES string of the molecule is C.C.CCCCCCCCc1ccc([C@H]2CC[NH2+][C@@H]2COCCCc2cc(-c3ncccn3)nnc2C)cc1.CCCCCCCCc1ccc([C@H]2CC[NH2+][C@@H]2COCCCc2cc(C)nnc2-c2ccccn2)cc1.[Cl-].[Cl-]. The minimum Gasteiger partial charge on any atom is -1.00 e. The highest BCUT2D eigenvalue weighted by molar-refractivity contribution is 5.58. The molecular formula is C65H97Cl2N9O2. The van der Waals surface area contributed by atoms with Crippen LogP contribution in [0.1, 0.15) is 188 Å². The monoisotopic (exact) mass is 1110 g/mol. The highest BCUT2D eigenvalue weighted by Gasteiger charge is 2.33. The Hall–Kier alpha value is -4.75. The van der Waals surface area contributed by atoms with Crippen LogP contribution in [0.5, 0.6) is 0 Å². The van der Waals surface area contributed by atoms with Gasteiger partial charge >= 0.3 is 0 Å². The topological polar surface area (TPSA) is 142 Å². The number of hydrogen-bond acceptors (Lipinski definition) is 9. The fraction of sp³-hybridized carbons (Fsp3) is 0.554. The van der Waals surface area contributed by atoms with Crippen LogP contribution in [0.2, 0.25) is 0 Å². The normalized spacial score (nSPS) is 16.5. The highest BCUT2D eigenvalue weighted by Crippen LogP contribution is 2.28. The Morgan fingerprint density at radius 1 is 0.487 bits per heavy atom. The summed E-state index contributed by atoms with van der Waals surface area (Å²) in [5.41, 5.74) is 12.7. The number of nitrogens with zero attached hydrogens (tertiary/aromatic N) is 7. The summed E-state index contributed by atoms with van der Waals surface area (Å²) in [6.07, 6.45) is 30.2. The predicted molar refractivity (Wildman–Crippen MR) is 312 cm³/mol. The van der Waals surface area contributed by atoms with Crippen molar-refractivity contribution in [3.05, 3.63) is 148 Å². The molecule has 2 aliphatic rings. The van der Waals surface area contributed by atoms with Gasteiger partial charge in [0.2, 0.25) is 0 Å². The molecule has 0 aliphatic carbocycles. The molecule has 4 N–H and O–H groups in total. The zero-order chi connectivity index (χ0) is 51.4. The number of aryl methyl sites for hydroxylation is 6. The third kappa shape index (κ3) is 22.4. The van der Waals surface area contributed by atoms with Crippen molar-refractivity contribution in [1.82, 2.24) is 35.3 Å². The lowest BCUT2D eigenvalue weighted by Crippen LogP contribution is -3.00. The van der Waals surface area contributed by atoms with E-state index in [9.17, 15) is 0 Å². The Labute approximate surface area is 483 Å². The average Bonchev–Trinajstić information content (AvgIpc) is 4.12. The lowest BCUT2D eigenvalue weighted by molar-refractivity contribution is -0.673. The summed E-state index contributed by atoms with van der Waals surface area (Å²) >= 11 is 0. The zero-order valence-electron chi connectivity index (χ0n) is 46.4. The zero-order valence-corrected chi connectivity index (χ0v) is 47.9. The molecule has 2 saturated heterocycles. The molecule has 2 fully saturated rings. The van der Waals surface area contributed by atoms with Crippen LogP contribution in [0.4, 0.5) is 0 Å². The van der Waals surface area contributed by atoms with Crippen molar-refractivity contribution < 1.29 is 44.9 Å². The lowest BCUT2D eigenvalue weighted by Gasteiger charge is -2.17. The first-order chi connectivity index (χ1) is 36.5. The summed E-state index contributed by atoms with van der Waals surface area (Å²) in [7, 11) is 0. The molecule has 13 heteroatoms. The number of unbranched alkanes of at least 4 members (excludes halogenated alkanes) is 10. The van der Waals surface area contributed by atoms with Crippen LogP contribution in [0, 0.1) is 13.8 Å². The second-order valence-electron chi connectivity index (χ2n) is 21.0. The molecule has 11 nitrogen and oxygen atoms in total. The van der Waals surface area contributed by atoms with Crippen LogP contribution >= 0.6 is 0 Å².